The van der Waals surface area contributed by atoms with Gasteiger partial charge >= 0.3 is 0 Å². The molecule has 4 saturated carbocycles. The molecule has 0 aromatic carbocycles. The molecule has 1 heterocycles. The van der Waals surface area contributed by atoms with Crippen LogP contribution in [0.1, 0.15) is 49.8 Å². The van der Waals surface area contributed by atoms with Crippen LogP contribution < -0.4 is 5.73 Å². The molecule has 4 fully saturated rings. The van der Waals surface area contributed by atoms with E-state index in [0.717, 1.165) is 29.1 Å². The highest BCUT2D eigenvalue weighted by Gasteiger charge is 2.51. The quantitative estimate of drug-likeness (QED) is 0.905. The van der Waals surface area contributed by atoms with Crippen molar-refractivity contribution in [2.75, 3.05) is 0 Å². The van der Waals surface area contributed by atoms with Crippen molar-refractivity contribution in [2.24, 2.45) is 23.5 Å². The Bertz CT molecular complexity index is 430. The van der Waals surface area contributed by atoms with Crippen LogP contribution in [0.15, 0.2) is 16.7 Å². The van der Waals surface area contributed by atoms with Crippen molar-refractivity contribution in [3.05, 3.63) is 23.7 Å². The molecule has 0 atom stereocenters. The van der Waals surface area contributed by atoms with Crippen LogP contribution in [0.2, 0.25) is 0 Å². The van der Waals surface area contributed by atoms with Crippen LogP contribution in [-0.2, 0) is 17.9 Å². The lowest BCUT2D eigenvalue weighted by Gasteiger charge is -2.56. The van der Waals surface area contributed by atoms with Gasteiger partial charge < -0.3 is 14.9 Å². The smallest absolute Gasteiger partial charge is 0.129 e. The molecule has 0 radical (unpaired) electrons. The van der Waals surface area contributed by atoms with E-state index in [-0.39, 0.29) is 5.60 Å². The molecule has 0 saturated heterocycles. The normalized spacial score (nSPS) is 39.9. The van der Waals surface area contributed by atoms with Crippen molar-refractivity contribution in [3.63, 3.8) is 0 Å². The number of hydrogen-bond acceptors (Lipinski definition) is 3. The fourth-order valence-corrected chi connectivity index (χ4v) is 5.04. The average Bonchev–Trinajstić information content (AvgIpc) is 2.83. The standard InChI is InChI=1S/C16H23NO2/c17-8-14-4-15(18-9-14)10-19-16-5-11-1-12(6-16)3-13(2-11)7-16/h4,9,11-13H,1-3,5-8,10,17H2. The maximum atomic E-state index is 6.35. The fourth-order valence-electron chi connectivity index (χ4n) is 5.04. The van der Waals surface area contributed by atoms with Gasteiger partial charge in [-0.2, -0.15) is 0 Å². The molecule has 1 aromatic rings. The summed E-state index contributed by atoms with van der Waals surface area (Å²) >= 11 is 0. The third-order valence-electron chi connectivity index (χ3n) is 5.45. The van der Waals surface area contributed by atoms with Crippen molar-refractivity contribution in [3.8, 4) is 0 Å². The minimum Gasteiger partial charge on any atom is -0.467 e. The van der Waals surface area contributed by atoms with E-state index in [1.807, 2.05) is 6.07 Å². The predicted molar refractivity (Wildman–Crippen MR) is 72.3 cm³/mol. The van der Waals surface area contributed by atoms with Gasteiger partial charge in [0.05, 0.1) is 11.9 Å². The molecule has 1 aromatic heterocycles. The molecule has 4 bridgehead atoms. The van der Waals surface area contributed by atoms with Crippen molar-refractivity contribution < 1.29 is 9.15 Å². The highest BCUT2D eigenvalue weighted by Crippen LogP contribution is 2.57. The van der Waals surface area contributed by atoms with E-state index in [2.05, 4.69) is 0 Å². The number of ether oxygens (including phenoxy) is 1. The number of rotatable bonds is 4. The lowest BCUT2D eigenvalue weighted by molar-refractivity contribution is -0.171. The summed E-state index contributed by atoms with van der Waals surface area (Å²) in [7, 11) is 0. The summed E-state index contributed by atoms with van der Waals surface area (Å²) in [6.45, 7) is 1.16. The van der Waals surface area contributed by atoms with Gasteiger partial charge in [-0.05, 0) is 62.3 Å². The van der Waals surface area contributed by atoms with E-state index in [1.165, 1.54) is 38.5 Å². The lowest BCUT2D eigenvalue weighted by Crippen LogP contribution is -2.51. The molecular formula is C16H23NO2. The van der Waals surface area contributed by atoms with Gasteiger partial charge in [0.1, 0.15) is 12.4 Å². The van der Waals surface area contributed by atoms with Crippen molar-refractivity contribution >= 4 is 0 Å². The van der Waals surface area contributed by atoms with Crippen LogP contribution in [0.5, 0.6) is 0 Å². The Morgan fingerprint density at radius 2 is 1.79 bits per heavy atom. The molecule has 5 rings (SSSR count). The zero-order chi connectivity index (χ0) is 12.9. The largest absolute Gasteiger partial charge is 0.467 e. The summed E-state index contributed by atoms with van der Waals surface area (Å²) in [6.07, 6.45) is 9.97. The van der Waals surface area contributed by atoms with Crippen LogP contribution in [0.4, 0.5) is 0 Å². The zero-order valence-corrected chi connectivity index (χ0v) is 11.4. The second kappa shape index (κ2) is 4.35. The highest BCUT2D eigenvalue weighted by atomic mass is 16.5. The maximum Gasteiger partial charge on any atom is 0.129 e. The van der Waals surface area contributed by atoms with E-state index in [0.29, 0.717) is 13.2 Å². The summed E-state index contributed by atoms with van der Waals surface area (Å²) in [6, 6.07) is 2.03. The highest BCUT2D eigenvalue weighted by molar-refractivity contribution is 5.12. The van der Waals surface area contributed by atoms with Gasteiger partial charge in [-0.3, -0.25) is 0 Å². The molecule has 19 heavy (non-hydrogen) atoms. The van der Waals surface area contributed by atoms with Crippen LogP contribution in [0.25, 0.3) is 0 Å². The first-order valence-electron chi connectivity index (χ1n) is 7.65. The van der Waals surface area contributed by atoms with Crippen LogP contribution in [0, 0.1) is 17.8 Å². The van der Waals surface area contributed by atoms with Crippen LogP contribution >= 0.6 is 0 Å². The Labute approximate surface area is 114 Å². The Morgan fingerprint density at radius 1 is 1.16 bits per heavy atom. The first-order valence-corrected chi connectivity index (χ1v) is 7.65. The second-order valence-corrected chi connectivity index (χ2v) is 7.01. The van der Waals surface area contributed by atoms with Gasteiger partial charge in [0.2, 0.25) is 0 Å². The van der Waals surface area contributed by atoms with Crippen molar-refractivity contribution in [1.29, 1.82) is 0 Å². The van der Waals surface area contributed by atoms with Crippen LogP contribution in [-0.4, -0.2) is 5.60 Å². The fraction of sp³-hybridized carbons (Fsp3) is 0.750. The summed E-state index contributed by atoms with van der Waals surface area (Å²) in [4.78, 5) is 0. The topological polar surface area (TPSA) is 48.4 Å². The zero-order valence-electron chi connectivity index (χ0n) is 11.4. The minimum atomic E-state index is 0.171. The van der Waals surface area contributed by atoms with Crippen molar-refractivity contribution in [2.45, 2.75) is 57.3 Å². The average molecular weight is 261 g/mol. The van der Waals surface area contributed by atoms with Gasteiger partial charge in [0.15, 0.2) is 0 Å². The van der Waals surface area contributed by atoms with E-state index < -0.39 is 0 Å². The molecule has 4 aliphatic carbocycles. The third kappa shape index (κ3) is 2.13. The van der Waals surface area contributed by atoms with E-state index in [4.69, 9.17) is 14.9 Å². The molecule has 0 amide bonds. The summed E-state index contributed by atoms with van der Waals surface area (Å²) < 4.78 is 11.9. The molecule has 0 unspecified atom stereocenters. The Hall–Kier alpha value is -0.800. The van der Waals surface area contributed by atoms with E-state index >= 15 is 0 Å². The van der Waals surface area contributed by atoms with Gasteiger partial charge in [0.25, 0.3) is 0 Å². The molecule has 2 N–H and O–H groups in total. The second-order valence-electron chi connectivity index (χ2n) is 7.01. The number of nitrogens with two attached hydrogens (primary N) is 1. The maximum absolute atomic E-state index is 6.35. The summed E-state index contributed by atoms with van der Waals surface area (Å²) in [5.41, 5.74) is 6.84. The monoisotopic (exact) mass is 261 g/mol. The molecule has 104 valence electrons. The summed E-state index contributed by atoms with van der Waals surface area (Å²) in [5.74, 6) is 3.73. The van der Waals surface area contributed by atoms with Gasteiger partial charge in [-0.15, -0.1) is 0 Å². The predicted octanol–water partition coefficient (Wildman–Crippen LogP) is 3.22. The van der Waals surface area contributed by atoms with E-state index in [1.54, 1.807) is 6.26 Å². The van der Waals surface area contributed by atoms with Crippen molar-refractivity contribution in [1.82, 2.24) is 0 Å². The third-order valence-corrected chi connectivity index (χ3v) is 5.45. The van der Waals surface area contributed by atoms with Gasteiger partial charge in [-0.25, -0.2) is 0 Å². The Morgan fingerprint density at radius 3 is 2.32 bits per heavy atom. The number of hydrogen-bond donors (Lipinski definition) is 1. The van der Waals surface area contributed by atoms with E-state index in [9.17, 15) is 0 Å². The first-order chi connectivity index (χ1) is 9.25. The minimum absolute atomic E-state index is 0.171. The lowest BCUT2D eigenvalue weighted by atomic mass is 9.54. The summed E-state index contributed by atoms with van der Waals surface area (Å²) in [5, 5.41) is 0. The molecular weight excluding hydrogens is 238 g/mol. The molecule has 0 aliphatic heterocycles. The SMILES string of the molecule is NCc1coc(COC23CC4CC(CC(C4)C2)C3)c1. The Balaban J connectivity index is 1.44. The molecule has 4 aliphatic rings. The molecule has 3 heteroatoms. The molecule has 0 spiro atoms. The van der Waals surface area contributed by atoms with Crippen LogP contribution in [0.3, 0.4) is 0 Å². The Kier molecular flexibility index (Phi) is 2.75. The molecule has 3 nitrogen and oxygen atoms in total. The van der Waals surface area contributed by atoms with Gasteiger partial charge in [-0.1, -0.05) is 0 Å². The number of furan rings is 1. The first kappa shape index (κ1) is 12.0. The van der Waals surface area contributed by atoms with Gasteiger partial charge in [0, 0.05) is 12.1 Å².